The van der Waals surface area contributed by atoms with E-state index in [1.54, 1.807) is 36.7 Å². The molecule has 0 fully saturated rings. The number of nitrogens with two attached hydrogens (primary N) is 1. The van der Waals surface area contributed by atoms with E-state index in [1.165, 1.54) is 0 Å². The molecular formula is C14H10ClN3O. The Labute approximate surface area is 114 Å². The van der Waals surface area contributed by atoms with Crippen molar-refractivity contribution in [2.24, 2.45) is 0 Å². The van der Waals surface area contributed by atoms with Crippen molar-refractivity contribution in [1.29, 1.82) is 0 Å². The molecule has 0 unspecified atom stereocenters. The Kier molecular flexibility index (Phi) is 2.93. The van der Waals surface area contributed by atoms with Crippen molar-refractivity contribution in [3.8, 4) is 11.5 Å². The molecule has 0 aliphatic rings. The van der Waals surface area contributed by atoms with Gasteiger partial charge in [0.2, 0.25) is 0 Å². The number of nitrogen functional groups attached to an aromatic ring is 1. The molecule has 0 saturated carbocycles. The molecule has 3 aromatic rings. The number of hydrogen-bond acceptors (Lipinski definition) is 4. The highest BCUT2D eigenvalue weighted by molar-refractivity contribution is 6.30. The summed E-state index contributed by atoms with van der Waals surface area (Å²) in [4.78, 5) is 8.22. The van der Waals surface area contributed by atoms with Gasteiger partial charge in [-0.05, 0) is 36.4 Å². The normalized spacial score (nSPS) is 10.6. The van der Waals surface area contributed by atoms with Crippen molar-refractivity contribution in [1.82, 2.24) is 9.97 Å². The first-order valence-electron chi connectivity index (χ1n) is 5.66. The van der Waals surface area contributed by atoms with E-state index in [9.17, 15) is 0 Å². The summed E-state index contributed by atoms with van der Waals surface area (Å²) in [6, 6.07) is 10.7. The van der Waals surface area contributed by atoms with Crippen molar-refractivity contribution < 1.29 is 4.74 Å². The van der Waals surface area contributed by atoms with Crippen molar-refractivity contribution in [2.45, 2.75) is 0 Å². The first-order valence-corrected chi connectivity index (χ1v) is 6.04. The van der Waals surface area contributed by atoms with Gasteiger partial charge in [0.1, 0.15) is 16.7 Å². The van der Waals surface area contributed by atoms with Gasteiger partial charge in [-0.3, -0.25) is 4.98 Å². The minimum atomic E-state index is 0.405. The van der Waals surface area contributed by atoms with Crippen LogP contribution in [-0.4, -0.2) is 9.97 Å². The Morgan fingerprint density at radius 2 is 1.84 bits per heavy atom. The molecule has 0 atom stereocenters. The van der Waals surface area contributed by atoms with Crippen LogP contribution in [-0.2, 0) is 0 Å². The minimum absolute atomic E-state index is 0.405. The predicted octanol–water partition coefficient (Wildman–Crippen LogP) is 3.66. The highest BCUT2D eigenvalue weighted by Gasteiger charge is 2.05. The average molecular weight is 272 g/mol. The number of ether oxygens (including phenoxy) is 1. The monoisotopic (exact) mass is 271 g/mol. The molecule has 0 spiro atoms. The van der Waals surface area contributed by atoms with Crippen molar-refractivity contribution in [3.63, 3.8) is 0 Å². The van der Waals surface area contributed by atoms with Crippen LogP contribution in [0.25, 0.3) is 10.9 Å². The van der Waals surface area contributed by atoms with Crippen molar-refractivity contribution in [3.05, 3.63) is 53.9 Å². The zero-order chi connectivity index (χ0) is 13.2. The lowest BCUT2D eigenvalue weighted by Crippen LogP contribution is -1.89. The van der Waals surface area contributed by atoms with Gasteiger partial charge in [-0.15, -0.1) is 0 Å². The smallest absolute Gasteiger partial charge is 0.138 e. The Balaban J connectivity index is 2.05. The van der Waals surface area contributed by atoms with Gasteiger partial charge in [-0.25, -0.2) is 4.98 Å². The number of pyridine rings is 2. The van der Waals surface area contributed by atoms with Crippen LogP contribution < -0.4 is 10.5 Å². The number of hydrogen-bond donors (Lipinski definition) is 1. The summed E-state index contributed by atoms with van der Waals surface area (Å²) in [7, 11) is 0. The first kappa shape index (κ1) is 11.7. The molecule has 2 aromatic heterocycles. The molecule has 0 aliphatic carbocycles. The summed E-state index contributed by atoms with van der Waals surface area (Å²) < 4.78 is 5.82. The van der Waals surface area contributed by atoms with Crippen LogP contribution in [0.4, 0.5) is 5.69 Å². The Hall–Kier alpha value is -2.33. The highest BCUT2D eigenvalue weighted by atomic mass is 35.5. The summed E-state index contributed by atoms with van der Waals surface area (Å²) in [6.07, 6.45) is 3.29. The number of fused-ring (bicyclic) bond motifs is 1. The van der Waals surface area contributed by atoms with E-state index in [0.717, 1.165) is 10.9 Å². The number of rotatable bonds is 2. The van der Waals surface area contributed by atoms with Crippen LogP contribution in [0.2, 0.25) is 5.15 Å². The fourth-order valence-electron chi connectivity index (χ4n) is 1.75. The van der Waals surface area contributed by atoms with Gasteiger partial charge in [0, 0.05) is 17.3 Å². The summed E-state index contributed by atoms with van der Waals surface area (Å²) in [5, 5.41) is 1.22. The lowest BCUT2D eigenvalue weighted by Gasteiger charge is -2.08. The van der Waals surface area contributed by atoms with E-state index >= 15 is 0 Å². The molecule has 0 aliphatic heterocycles. The lowest BCUT2D eigenvalue weighted by atomic mass is 10.2. The van der Waals surface area contributed by atoms with E-state index in [1.807, 2.05) is 12.1 Å². The van der Waals surface area contributed by atoms with Crippen LogP contribution in [0, 0.1) is 0 Å². The first-order chi connectivity index (χ1) is 9.22. The van der Waals surface area contributed by atoms with E-state index in [-0.39, 0.29) is 0 Å². The van der Waals surface area contributed by atoms with Crippen molar-refractivity contribution >= 4 is 28.2 Å². The molecule has 4 nitrogen and oxygen atoms in total. The second kappa shape index (κ2) is 4.74. The maximum atomic E-state index is 5.90. The molecular weight excluding hydrogens is 262 g/mol. The summed E-state index contributed by atoms with van der Waals surface area (Å²) in [5.74, 6) is 1.38. The van der Waals surface area contributed by atoms with E-state index in [0.29, 0.717) is 22.3 Å². The molecule has 5 heteroatoms. The van der Waals surface area contributed by atoms with Gasteiger partial charge in [0.05, 0.1) is 11.7 Å². The fraction of sp³-hybridized carbons (Fsp3) is 0. The zero-order valence-corrected chi connectivity index (χ0v) is 10.6. The molecule has 2 heterocycles. The molecule has 0 amide bonds. The Morgan fingerprint density at radius 1 is 1.05 bits per heavy atom. The highest BCUT2D eigenvalue weighted by Crippen LogP contribution is 2.29. The Morgan fingerprint density at radius 3 is 2.63 bits per heavy atom. The van der Waals surface area contributed by atoms with Crippen LogP contribution in [0.5, 0.6) is 11.5 Å². The minimum Gasteiger partial charge on any atom is -0.457 e. The van der Waals surface area contributed by atoms with Gasteiger partial charge >= 0.3 is 0 Å². The van der Waals surface area contributed by atoms with Crippen LogP contribution >= 0.6 is 11.6 Å². The lowest BCUT2D eigenvalue weighted by molar-refractivity contribution is 0.488. The maximum Gasteiger partial charge on any atom is 0.138 e. The molecule has 94 valence electrons. The summed E-state index contributed by atoms with van der Waals surface area (Å²) in [5.41, 5.74) is 7.07. The molecule has 3 rings (SSSR count). The average Bonchev–Trinajstić information content (AvgIpc) is 2.42. The van der Waals surface area contributed by atoms with E-state index in [2.05, 4.69) is 9.97 Å². The number of halogens is 1. The molecule has 19 heavy (non-hydrogen) atoms. The maximum absolute atomic E-state index is 5.90. The number of benzene rings is 1. The largest absolute Gasteiger partial charge is 0.457 e. The second-order valence-corrected chi connectivity index (χ2v) is 4.39. The zero-order valence-electron chi connectivity index (χ0n) is 9.88. The van der Waals surface area contributed by atoms with Crippen LogP contribution in [0.3, 0.4) is 0 Å². The van der Waals surface area contributed by atoms with Gasteiger partial charge in [-0.1, -0.05) is 11.6 Å². The predicted molar refractivity (Wildman–Crippen MR) is 75.5 cm³/mol. The molecule has 2 N–H and O–H groups in total. The number of aromatic nitrogens is 2. The third-order valence-corrected chi connectivity index (χ3v) is 2.87. The third-order valence-electron chi connectivity index (χ3n) is 2.66. The summed E-state index contributed by atoms with van der Waals surface area (Å²) >= 11 is 5.90. The third kappa shape index (κ3) is 2.44. The van der Waals surface area contributed by atoms with Crippen LogP contribution in [0.15, 0.2) is 48.8 Å². The Bertz CT molecular complexity index is 728. The molecule has 0 saturated heterocycles. The van der Waals surface area contributed by atoms with Gasteiger partial charge < -0.3 is 10.5 Å². The molecule has 0 bridgehead atoms. The van der Waals surface area contributed by atoms with Gasteiger partial charge in [-0.2, -0.15) is 0 Å². The van der Waals surface area contributed by atoms with Gasteiger partial charge in [0.25, 0.3) is 0 Å². The standard InChI is InChI=1S/C14H10ClN3O/c15-14-7-11-12(8-18-14)17-6-5-13(11)19-10-3-1-9(16)2-4-10/h1-8H,16H2. The second-order valence-electron chi connectivity index (χ2n) is 4.00. The van der Waals surface area contributed by atoms with E-state index in [4.69, 9.17) is 22.1 Å². The summed E-state index contributed by atoms with van der Waals surface area (Å²) in [6.45, 7) is 0. The fourth-order valence-corrected chi connectivity index (χ4v) is 1.91. The number of nitrogens with zero attached hydrogens (tertiary/aromatic N) is 2. The van der Waals surface area contributed by atoms with Gasteiger partial charge in [0.15, 0.2) is 0 Å². The molecule has 0 radical (unpaired) electrons. The van der Waals surface area contributed by atoms with E-state index < -0.39 is 0 Å². The van der Waals surface area contributed by atoms with Crippen LogP contribution in [0.1, 0.15) is 0 Å². The topological polar surface area (TPSA) is 61.0 Å². The number of anilines is 1. The van der Waals surface area contributed by atoms with Crippen molar-refractivity contribution in [2.75, 3.05) is 5.73 Å². The SMILES string of the molecule is Nc1ccc(Oc2ccnc3cnc(Cl)cc23)cc1. The molecule has 1 aromatic carbocycles. The quantitative estimate of drug-likeness (QED) is 0.571.